The van der Waals surface area contributed by atoms with Crippen LogP contribution in [0.15, 0.2) is 22.8 Å². The first-order valence-corrected chi connectivity index (χ1v) is 7.56. The van der Waals surface area contributed by atoms with E-state index >= 15 is 0 Å². The Morgan fingerprint density at radius 2 is 2.00 bits per heavy atom. The zero-order chi connectivity index (χ0) is 12.4. The molecule has 0 aliphatic carbocycles. The van der Waals surface area contributed by atoms with Crippen molar-refractivity contribution in [2.45, 2.75) is 19.3 Å². The van der Waals surface area contributed by atoms with Crippen LogP contribution in [0.1, 0.15) is 19.3 Å². The lowest BCUT2D eigenvalue weighted by atomic mass is 9.85. The van der Waals surface area contributed by atoms with Crippen molar-refractivity contribution in [3.8, 4) is 0 Å². The first-order valence-electron chi connectivity index (χ1n) is 6.77. The fourth-order valence-electron chi connectivity index (χ4n) is 3.12. The van der Waals surface area contributed by atoms with Crippen molar-refractivity contribution in [1.29, 1.82) is 0 Å². The van der Waals surface area contributed by atoms with E-state index in [9.17, 15) is 0 Å². The normalized spacial score (nSPS) is 25.6. The summed E-state index contributed by atoms with van der Waals surface area (Å²) in [5.74, 6) is 2.81. The van der Waals surface area contributed by atoms with Crippen molar-refractivity contribution < 1.29 is 4.74 Å². The molecule has 2 aliphatic rings. The van der Waals surface area contributed by atoms with E-state index in [0.29, 0.717) is 0 Å². The highest BCUT2D eigenvalue weighted by molar-refractivity contribution is 9.10. The maximum absolute atomic E-state index is 5.45. The van der Waals surface area contributed by atoms with Crippen LogP contribution in [0.25, 0.3) is 0 Å². The molecule has 0 saturated carbocycles. The molecule has 0 N–H and O–H groups in total. The summed E-state index contributed by atoms with van der Waals surface area (Å²) in [5.41, 5.74) is 0. The van der Waals surface area contributed by atoms with Gasteiger partial charge in [-0.25, -0.2) is 4.98 Å². The highest BCUT2D eigenvalue weighted by atomic mass is 79.9. The average molecular weight is 311 g/mol. The van der Waals surface area contributed by atoms with Crippen LogP contribution in [0.2, 0.25) is 0 Å². The van der Waals surface area contributed by atoms with Crippen LogP contribution < -0.4 is 4.90 Å². The number of halogens is 1. The standard InChI is InChI=1S/C14H19BrN2O/c15-13-1-2-14(16-9-13)17-6-3-12(10-17)11-4-7-18-8-5-11/h1-2,9,11-12H,3-8,10H2. The van der Waals surface area contributed by atoms with E-state index in [1.165, 1.54) is 25.8 Å². The van der Waals surface area contributed by atoms with Gasteiger partial charge in [0.15, 0.2) is 0 Å². The third-order valence-corrected chi connectivity index (χ3v) is 4.66. The number of hydrogen-bond donors (Lipinski definition) is 0. The molecule has 3 rings (SSSR count). The van der Waals surface area contributed by atoms with E-state index in [1.54, 1.807) is 0 Å². The Bertz CT molecular complexity index is 389. The van der Waals surface area contributed by atoms with Gasteiger partial charge in [0, 0.05) is 37.0 Å². The number of ether oxygens (including phenoxy) is 1. The van der Waals surface area contributed by atoms with Crippen LogP contribution in [-0.2, 0) is 4.74 Å². The quantitative estimate of drug-likeness (QED) is 0.839. The summed E-state index contributed by atoms with van der Waals surface area (Å²) in [6.45, 7) is 4.23. The van der Waals surface area contributed by atoms with Crippen molar-refractivity contribution in [1.82, 2.24) is 4.98 Å². The number of hydrogen-bond acceptors (Lipinski definition) is 3. The summed E-state index contributed by atoms with van der Waals surface area (Å²) < 4.78 is 6.50. The van der Waals surface area contributed by atoms with Crippen LogP contribution in [0.4, 0.5) is 5.82 Å². The molecule has 0 bridgehead atoms. The molecule has 1 atom stereocenters. The number of pyridine rings is 1. The Labute approximate surface area is 117 Å². The highest BCUT2D eigenvalue weighted by Gasteiger charge is 2.30. The Hall–Kier alpha value is -0.610. The van der Waals surface area contributed by atoms with E-state index in [-0.39, 0.29) is 0 Å². The maximum atomic E-state index is 5.45. The Morgan fingerprint density at radius 1 is 1.17 bits per heavy atom. The lowest BCUT2D eigenvalue weighted by Crippen LogP contribution is -2.27. The Balaban J connectivity index is 1.62. The molecule has 1 aromatic rings. The predicted molar refractivity (Wildman–Crippen MR) is 75.8 cm³/mol. The molecule has 0 aromatic carbocycles. The Kier molecular flexibility index (Phi) is 3.85. The van der Waals surface area contributed by atoms with E-state index < -0.39 is 0 Å². The number of nitrogens with zero attached hydrogens (tertiary/aromatic N) is 2. The second-order valence-corrected chi connectivity index (χ2v) is 6.19. The third kappa shape index (κ3) is 2.69. The van der Waals surface area contributed by atoms with E-state index in [1.807, 2.05) is 6.20 Å². The van der Waals surface area contributed by atoms with Crippen molar-refractivity contribution in [3.63, 3.8) is 0 Å². The third-order valence-electron chi connectivity index (χ3n) is 4.19. The average Bonchev–Trinajstić information content (AvgIpc) is 2.90. The van der Waals surface area contributed by atoms with Gasteiger partial charge in [-0.2, -0.15) is 0 Å². The van der Waals surface area contributed by atoms with Crippen molar-refractivity contribution >= 4 is 21.7 Å². The molecule has 3 heterocycles. The molecule has 2 aliphatic heterocycles. The zero-order valence-electron chi connectivity index (χ0n) is 10.5. The van der Waals surface area contributed by atoms with Gasteiger partial charge in [-0.05, 0) is 59.2 Å². The smallest absolute Gasteiger partial charge is 0.128 e. The topological polar surface area (TPSA) is 25.4 Å². The molecule has 0 amide bonds. The first kappa shape index (κ1) is 12.4. The van der Waals surface area contributed by atoms with E-state index in [4.69, 9.17) is 4.74 Å². The van der Waals surface area contributed by atoms with Crippen LogP contribution in [0.3, 0.4) is 0 Å². The molecular weight excluding hydrogens is 292 g/mol. The fourth-order valence-corrected chi connectivity index (χ4v) is 3.36. The molecule has 1 aromatic heterocycles. The molecule has 98 valence electrons. The highest BCUT2D eigenvalue weighted by Crippen LogP contribution is 2.32. The summed E-state index contributed by atoms with van der Waals surface area (Å²) in [6.07, 6.45) is 5.68. The van der Waals surface area contributed by atoms with E-state index in [2.05, 4.69) is 37.9 Å². The van der Waals surface area contributed by atoms with Crippen molar-refractivity contribution in [2.24, 2.45) is 11.8 Å². The van der Waals surface area contributed by atoms with Gasteiger partial charge in [-0.1, -0.05) is 0 Å². The lowest BCUT2D eigenvalue weighted by Gasteiger charge is -2.27. The number of anilines is 1. The summed E-state index contributed by atoms with van der Waals surface area (Å²) >= 11 is 3.43. The SMILES string of the molecule is Brc1ccc(N2CCC(C3CCOCC3)C2)nc1. The fraction of sp³-hybridized carbons (Fsp3) is 0.643. The zero-order valence-corrected chi connectivity index (χ0v) is 12.1. The summed E-state index contributed by atoms with van der Waals surface area (Å²) in [4.78, 5) is 6.92. The van der Waals surface area contributed by atoms with Crippen molar-refractivity contribution in [3.05, 3.63) is 22.8 Å². The minimum Gasteiger partial charge on any atom is -0.381 e. The summed E-state index contributed by atoms with van der Waals surface area (Å²) in [5, 5.41) is 0. The predicted octanol–water partition coefficient (Wildman–Crippen LogP) is 3.10. The second-order valence-electron chi connectivity index (χ2n) is 5.28. The molecule has 18 heavy (non-hydrogen) atoms. The molecule has 0 radical (unpaired) electrons. The van der Waals surface area contributed by atoms with Gasteiger partial charge in [-0.3, -0.25) is 0 Å². The van der Waals surface area contributed by atoms with Gasteiger partial charge < -0.3 is 9.64 Å². The molecule has 1 unspecified atom stereocenters. The summed E-state index contributed by atoms with van der Waals surface area (Å²) in [6, 6.07) is 4.18. The molecule has 2 fully saturated rings. The van der Waals surface area contributed by atoms with Crippen LogP contribution >= 0.6 is 15.9 Å². The van der Waals surface area contributed by atoms with Gasteiger partial charge in [0.2, 0.25) is 0 Å². The van der Waals surface area contributed by atoms with Gasteiger partial charge in [0.25, 0.3) is 0 Å². The second kappa shape index (κ2) is 5.57. The molecule has 4 heteroatoms. The lowest BCUT2D eigenvalue weighted by molar-refractivity contribution is 0.0500. The minimum absolute atomic E-state index is 0.833. The van der Waals surface area contributed by atoms with Gasteiger partial charge in [0.05, 0.1) is 0 Å². The van der Waals surface area contributed by atoms with Gasteiger partial charge in [0.1, 0.15) is 5.82 Å². The minimum atomic E-state index is 0.833. The van der Waals surface area contributed by atoms with Gasteiger partial charge >= 0.3 is 0 Å². The Morgan fingerprint density at radius 3 is 2.72 bits per heavy atom. The molecule has 3 nitrogen and oxygen atoms in total. The number of aromatic nitrogens is 1. The van der Waals surface area contributed by atoms with Gasteiger partial charge in [-0.15, -0.1) is 0 Å². The largest absolute Gasteiger partial charge is 0.381 e. The maximum Gasteiger partial charge on any atom is 0.128 e. The van der Waals surface area contributed by atoms with Crippen LogP contribution in [0, 0.1) is 11.8 Å². The summed E-state index contributed by atoms with van der Waals surface area (Å²) in [7, 11) is 0. The van der Waals surface area contributed by atoms with Crippen molar-refractivity contribution in [2.75, 3.05) is 31.2 Å². The first-order chi connectivity index (χ1) is 8.83. The van der Waals surface area contributed by atoms with E-state index in [0.717, 1.165) is 41.9 Å². The van der Waals surface area contributed by atoms with Crippen LogP contribution in [-0.4, -0.2) is 31.3 Å². The number of rotatable bonds is 2. The monoisotopic (exact) mass is 310 g/mol. The molecule has 0 spiro atoms. The molecular formula is C14H19BrN2O. The molecule has 2 saturated heterocycles. The van der Waals surface area contributed by atoms with Crippen LogP contribution in [0.5, 0.6) is 0 Å².